The fourth-order valence-corrected chi connectivity index (χ4v) is 10.3. The number of hydrogen-bond acceptors (Lipinski definition) is 3. The number of rotatable bonds is 6. The van der Waals surface area contributed by atoms with Crippen LogP contribution in [0.3, 0.4) is 0 Å². The predicted molar refractivity (Wildman–Crippen MR) is 134 cm³/mol. The summed E-state index contributed by atoms with van der Waals surface area (Å²) in [6.45, 7) is 1.94. The Balaban J connectivity index is 1.80. The third kappa shape index (κ3) is 3.30. The van der Waals surface area contributed by atoms with Gasteiger partial charge in [-0.05, 0) is 0 Å². The summed E-state index contributed by atoms with van der Waals surface area (Å²) in [5.41, 5.74) is 0.834. The van der Waals surface area contributed by atoms with Gasteiger partial charge in [0.15, 0.2) is 0 Å². The zero-order valence-electron chi connectivity index (χ0n) is 17.7. The van der Waals surface area contributed by atoms with Gasteiger partial charge in [-0.1, -0.05) is 0 Å². The van der Waals surface area contributed by atoms with Crippen LogP contribution in [0.2, 0.25) is 0 Å². The van der Waals surface area contributed by atoms with E-state index in [1.54, 1.807) is 6.26 Å². The molecule has 0 atom stereocenters. The molecule has 0 aliphatic rings. The second-order valence-corrected chi connectivity index (χ2v) is 14.3. The van der Waals surface area contributed by atoms with Crippen LogP contribution in [0.1, 0.15) is 11.5 Å². The quantitative estimate of drug-likeness (QED) is 0.275. The molecule has 2 aromatic heterocycles. The van der Waals surface area contributed by atoms with Crippen LogP contribution < -0.4 is 15.9 Å². The van der Waals surface area contributed by atoms with Crippen LogP contribution in [-0.4, -0.2) is 4.98 Å². The second-order valence-electron chi connectivity index (χ2n) is 7.85. The average Bonchev–Trinajstić information content (AvgIpc) is 3.51. The van der Waals surface area contributed by atoms with Gasteiger partial charge in [0.05, 0.1) is 0 Å². The summed E-state index contributed by atoms with van der Waals surface area (Å²) in [7, 11) is 0. The number of hydrogen-bond donors (Lipinski definition) is 0. The summed E-state index contributed by atoms with van der Waals surface area (Å²) in [6, 6.07) is 34.8. The van der Waals surface area contributed by atoms with Gasteiger partial charge in [-0.3, -0.25) is 0 Å². The van der Waals surface area contributed by atoms with E-state index in [9.17, 15) is 0 Å². The van der Waals surface area contributed by atoms with Crippen LogP contribution in [0, 0.1) is 6.92 Å². The molecule has 0 fully saturated rings. The first kappa shape index (κ1) is 20.8. The van der Waals surface area contributed by atoms with Gasteiger partial charge < -0.3 is 0 Å². The summed E-state index contributed by atoms with van der Waals surface area (Å²) < 4.78 is 11.5. The monoisotopic (exact) mass is 459 g/mol. The summed E-state index contributed by atoms with van der Waals surface area (Å²) in [5, 5.41) is 3.29. The van der Waals surface area contributed by atoms with E-state index in [1.165, 1.54) is 0 Å². The molecule has 0 N–H and O–H groups in total. The van der Waals surface area contributed by atoms with Gasteiger partial charge in [0.1, 0.15) is 0 Å². The number of halogens is 1. The Morgan fingerprint density at radius 2 is 1.22 bits per heavy atom. The first-order valence-corrected chi connectivity index (χ1v) is 13.8. The molecule has 3 nitrogen and oxygen atoms in total. The third-order valence-electron chi connectivity index (χ3n) is 5.95. The standard InChI is InChI=1S/C27H23ClNO2P/c1-21-25(29-27(31-21)26-18-11-19-30-26)20-32(28,22-12-5-2-6-13-22,23-14-7-3-8-15-23)24-16-9-4-10-17-24/h2-19H,20H2,1H3. The first-order chi connectivity index (χ1) is 15.6. The van der Waals surface area contributed by atoms with Crippen molar-refractivity contribution in [1.82, 2.24) is 4.98 Å². The van der Waals surface area contributed by atoms with Gasteiger partial charge >= 0.3 is 193 Å². The number of nitrogens with zero attached hydrogens (tertiary/aromatic N) is 1. The summed E-state index contributed by atoms with van der Waals surface area (Å²) in [4.78, 5) is 4.85. The Morgan fingerprint density at radius 1 is 0.719 bits per heavy atom. The third-order valence-corrected chi connectivity index (χ3v) is 13.1. The number of oxazole rings is 1. The van der Waals surface area contributed by atoms with E-state index in [1.807, 2.05) is 37.3 Å². The molecular weight excluding hydrogens is 437 g/mol. The second kappa shape index (κ2) is 8.09. The van der Waals surface area contributed by atoms with Crippen molar-refractivity contribution in [3.8, 4) is 11.7 Å². The molecule has 3 aromatic carbocycles. The zero-order chi connectivity index (χ0) is 22.0. The van der Waals surface area contributed by atoms with Crippen LogP contribution in [0.5, 0.6) is 0 Å². The topological polar surface area (TPSA) is 39.2 Å². The van der Waals surface area contributed by atoms with Crippen molar-refractivity contribution < 1.29 is 8.83 Å². The molecule has 0 unspecified atom stereocenters. The van der Waals surface area contributed by atoms with E-state index in [0.29, 0.717) is 17.8 Å². The molecule has 5 aromatic rings. The van der Waals surface area contributed by atoms with E-state index in [-0.39, 0.29) is 0 Å². The van der Waals surface area contributed by atoms with Gasteiger partial charge in [-0.25, -0.2) is 0 Å². The average molecular weight is 460 g/mol. The Bertz CT molecular complexity index is 1220. The van der Waals surface area contributed by atoms with E-state index < -0.39 is 5.96 Å². The fraction of sp³-hybridized carbons (Fsp3) is 0.0741. The van der Waals surface area contributed by atoms with Gasteiger partial charge in [0.2, 0.25) is 0 Å². The minimum atomic E-state index is -3.47. The van der Waals surface area contributed by atoms with E-state index >= 15 is 0 Å². The van der Waals surface area contributed by atoms with Crippen molar-refractivity contribution in [2.45, 2.75) is 13.1 Å². The Kier molecular flexibility index (Phi) is 5.25. The summed E-state index contributed by atoms with van der Waals surface area (Å²) >= 11 is 8.14. The van der Waals surface area contributed by atoms with Crippen molar-refractivity contribution in [2.24, 2.45) is 0 Å². The molecule has 5 rings (SSSR count). The number of aromatic nitrogens is 1. The molecule has 2 heterocycles. The summed E-state index contributed by atoms with van der Waals surface area (Å²) in [6.07, 6.45) is 2.15. The van der Waals surface area contributed by atoms with E-state index in [0.717, 1.165) is 27.4 Å². The maximum absolute atomic E-state index is 8.14. The molecule has 0 bridgehead atoms. The van der Waals surface area contributed by atoms with Crippen LogP contribution in [0.25, 0.3) is 11.7 Å². The van der Waals surface area contributed by atoms with E-state index in [4.69, 9.17) is 25.1 Å². The molecule has 0 spiro atoms. The van der Waals surface area contributed by atoms with Crippen molar-refractivity contribution in [3.63, 3.8) is 0 Å². The molecule has 5 heteroatoms. The van der Waals surface area contributed by atoms with Crippen LogP contribution in [0.15, 0.2) is 118 Å². The number of benzene rings is 3. The maximum atomic E-state index is 8.14. The number of aryl methyl sites for hydroxylation is 1. The van der Waals surface area contributed by atoms with Gasteiger partial charge in [-0.2, -0.15) is 0 Å². The van der Waals surface area contributed by atoms with Gasteiger partial charge in [-0.15, -0.1) is 0 Å². The molecule has 0 saturated carbocycles. The van der Waals surface area contributed by atoms with Crippen molar-refractivity contribution in [2.75, 3.05) is 0 Å². The molecule has 0 amide bonds. The van der Waals surface area contributed by atoms with Crippen LogP contribution in [-0.2, 0) is 6.16 Å². The zero-order valence-corrected chi connectivity index (χ0v) is 19.3. The Hall–Kier alpha value is -3.13. The molecule has 0 aliphatic heterocycles. The summed E-state index contributed by atoms with van der Waals surface area (Å²) in [5.74, 6) is -1.65. The molecule has 0 aliphatic carbocycles. The van der Waals surface area contributed by atoms with Gasteiger partial charge in [0.25, 0.3) is 0 Å². The molecular formula is C27H23ClNO2P. The van der Waals surface area contributed by atoms with E-state index in [2.05, 4.69) is 72.8 Å². The Labute approximate surface area is 192 Å². The Morgan fingerprint density at radius 3 is 1.66 bits per heavy atom. The minimum absolute atomic E-state index is 0.471. The van der Waals surface area contributed by atoms with Crippen molar-refractivity contribution >= 4 is 33.1 Å². The predicted octanol–water partition coefficient (Wildman–Crippen LogP) is 6.43. The van der Waals surface area contributed by atoms with Crippen molar-refractivity contribution in [3.05, 3.63) is 121 Å². The molecule has 0 saturated heterocycles. The van der Waals surface area contributed by atoms with Crippen molar-refractivity contribution in [1.29, 1.82) is 0 Å². The molecule has 32 heavy (non-hydrogen) atoms. The molecule has 160 valence electrons. The molecule has 0 radical (unpaired) electrons. The fourth-order valence-electron chi connectivity index (χ4n) is 4.30. The van der Waals surface area contributed by atoms with Crippen LogP contribution >= 0.6 is 17.2 Å². The van der Waals surface area contributed by atoms with Gasteiger partial charge in [0, 0.05) is 0 Å². The first-order valence-electron chi connectivity index (χ1n) is 10.5. The SMILES string of the molecule is Cc1oc(-c2ccco2)nc1CP(Cl)(c1ccccc1)(c1ccccc1)c1ccccc1. The van der Waals surface area contributed by atoms with Crippen LogP contribution in [0.4, 0.5) is 0 Å². The number of furan rings is 1. The normalized spacial score (nSPS) is 12.9.